The van der Waals surface area contributed by atoms with Gasteiger partial charge < -0.3 is 15.4 Å². The van der Waals surface area contributed by atoms with E-state index in [1.165, 1.54) is 29.6 Å². The van der Waals surface area contributed by atoms with Crippen molar-refractivity contribution in [2.45, 2.75) is 49.5 Å². The van der Waals surface area contributed by atoms with Crippen LogP contribution in [0.3, 0.4) is 0 Å². The third-order valence-corrected chi connectivity index (χ3v) is 8.30. The molecule has 1 aromatic rings. The number of ether oxygens (including phenoxy) is 1. The first kappa shape index (κ1) is 22.5. The molecule has 0 radical (unpaired) electrons. The van der Waals surface area contributed by atoms with E-state index in [9.17, 15) is 22.8 Å². The number of sulfonamides is 1. The summed E-state index contributed by atoms with van der Waals surface area (Å²) in [6.07, 6.45) is 4.31. The first-order chi connectivity index (χ1) is 15.2. The fourth-order valence-corrected chi connectivity index (χ4v) is 6.04. The first-order valence-electron chi connectivity index (χ1n) is 10.8. The Kier molecular flexibility index (Phi) is 5.89. The van der Waals surface area contributed by atoms with Gasteiger partial charge in [-0.1, -0.05) is 6.42 Å². The highest BCUT2D eigenvalue weighted by atomic mass is 32.2. The number of anilines is 1. The Hall–Kier alpha value is -2.66. The van der Waals surface area contributed by atoms with Gasteiger partial charge in [-0.2, -0.15) is 4.31 Å². The van der Waals surface area contributed by atoms with E-state index >= 15 is 0 Å². The van der Waals surface area contributed by atoms with Crippen molar-refractivity contribution in [3.8, 4) is 5.75 Å². The fourth-order valence-electron chi connectivity index (χ4n) is 4.34. The molecule has 2 heterocycles. The lowest BCUT2D eigenvalue weighted by Gasteiger charge is -2.26. The van der Waals surface area contributed by atoms with Gasteiger partial charge in [-0.15, -0.1) is 0 Å². The zero-order valence-electron chi connectivity index (χ0n) is 18.2. The van der Waals surface area contributed by atoms with E-state index < -0.39 is 40.0 Å². The summed E-state index contributed by atoms with van der Waals surface area (Å²) in [5, 5.41) is 5.30. The predicted octanol–water partition coefficient (Wildman–Crippen LogP) is 1.53. The van der Waals surface area contributed by atoms with Crippen LogP contribution in [0, 0.1) is 5.92 Å². The first-order valence-corrected chi connectivity index (χ1v) is 12.2. The smallest absolute Gasteiger partial charge is 0.325 e. The van der Waals surface area contributed by atoms with E-state index in [2.05, 4.69) is 10.6 Å². The van der Waals surface area contributed by atoms with Crippen molar-refractivity contribution in [2.75, 3.05) is 32.1 Å². The molecule has 10 nitrogen and oxygen atoms in total. The van der Waals surface area contributed by atoms with E-state index in [1.807, 2.05) is 0 Å². The standard InChI is InChI=1S/C21H28N4O6S/c1-21(14-6-7-14)19(27)25(20(28)23-21)13-18(26)22-15-8-9-16(31-2)17(12-15)32(29,30)24-10-4-3-5-11-24/h8-9,12,14H,3-7,10-11,13H2,1-2H3,(H,22,26)(H,23,28)/t21-/m0/s1. The minimum Gasteiger partial charge on any atom is -0.495 e. The van der Waals surface area contributed by atoms with Gasteiger partial charge in [-0.25, -0.2) is 13.2 Å². The SMILES string of the molecule is COc1ccc(NC(=O)CN2C(=O)N[C@@](C)(C3CC3)C2=O)cc1S(=O)(=O)N1CCCCC1. The Bertz CT molecular complexity index is 1050. The average molecular weight is 465 g/mol. The second-order valence-corrected chi connectivity index (χ2v) is 10.6. The maximum absolute atomic E-state index is 13.1. The summed E-state index contributed by atoms with van der Waals surface area (Å²) in [5.41, 5.74) is -0.726. The van der Waals surface area contributed by atoms with Crippen molar-refractivity contribution >= 4 is 33.6 Å². The van der Waals surface area contributed by atoms with Gasteiger partial charge in [0.25, 0.3) is 5.91 Å². The van der Waals surface area contributed by atoms with Gasteiger partial charge in [-0.3, -0.25) is 14.5 Å². The van der Waals surface area contributed by atoms with Gasteiger partial charge in [0.05, 0.1) is 7.11 Å². The van der Waals surface area contributed by atoms with Crippen molar-refractivity contribution in [1.82, 2.24) is 14.5 Å². The molecule has 1 saturated carbocycles. The number of hydrogen-bond acceptors (Lipinski definition) is 6. The minimum atomic E-state index is -3.79. The summed E-state index contributed by atoms with van der Waals surface area (Å²) in [6.45, 7) is 2.11. The van der Waals surface area contributed by atoms with Gasteiger partial charge in [0.1, 0.15) is 22.7 Å². The molecule has 0 aromatic heterocycles. The molecule has 3 aliphatic rings. The quantitative estimate of drug-likeness (QED) is 0.590. The number of methoxy groups -OCH3 is 1. The van der Waals surface area contributed by atoms with E-state index in [-0.39, 0.29) is 22.3 Å². The highest BCUT2D eigenvalue weighted by Gasteiger charge is 2.56. The van der Waals surface area contributed by atoms with Crippen molar-refractivity contribution in [3.63, 3.8) is 0 Å². The van der Waals surface area contributed by atoms with Crippen molar-refractivity contribution in [3.05, 3.63) is 18.2 Å². The second-order valence-electron chi connectivity index (χ2n) is 8.68. The lowest BCUT2D eigenvalue weighted by molar-refractivity contribution is -0.134. The molecule has 2 saturated heterocycles. The van der Waals surface area contributed by atoms with Crippen molar-refractivity contribution in [1.29, 1.82) is 0 Å². The topological polar surface area (TPSA) is 125 Å². The number of nitrogens with zero attached hydrogens (tertiary/aromatic N) is 2. The van der Waals surface area contributed by atoms with Crippen LogP contribution in [-0.4, -0.2) is 67.8 Å². The molecular formula is C21H28N4O6S. The molecule has 4 rings (SSSR count). The number of imide groups is 1. The molecule has 11 heteroatoms. The largest absolute Gasteiger partial charge is 0.495 e. The molecule has 1 aliphatic carbocycles. The molecular weight excluding hydrogens is 436 g/mol. The number of nitrogens with one attached hydrogen (secondary N) is 2. The lowest BCUT2D eigenvalue weighted by atomic mass is 9.96. The van der Waals surface area contributed by atoms with Crippen molar-refractivity contribution < 1.29 is 27.5 Å². The molecule has 1 aromatic carbocycles. The Balaban J connectivity index is 1.50. The Morgan fingerprint density at radius 2 is 1.91 bits per heavy atom. The number of urea groups is 1. The monoisotopic (exact) mass is 464 g/mol. The highest BCUT2D eigenvalue weighted by molar-refractivity contribution is 7.89. The van der Waals surface area contributed by atoms with Crippen LogP contribution in [0.2, 0.25) is 0 Å². The van der Waals surface area contributed by atoms with Gasteiger partial charge >= 0.3 is 6.03 Å². The minimum absolute atomic E-state index is 0.0315. The Morgan fingerprint density at radius 3 is 2.53 bits per heavy atom. The average Bonchev–Trinajstić information content (AvgIpc) is 3.60. The summed E-state index contributed by atoms with van der Waals surface area (Å²) in [4.78, 5) is 38.5. The van der Waals surface area contributed by atoms with Crippen LogP contribution < -0.4 is 15.4 Å². The molecule has 0 unspecified atom stereocenters. The zero-order valence-corrected chi connectivity index (χ0v) is 19.0. The van der Waals surface area contributed by atoms with Gasteiger partial charge in [0.15, 0.2) is 0 Å². The summed E-state index contributed by atoms with van der Waals surface area (Å²) in [5.74, 6) is -0.734. The number of hydrogen-bond donors (Lipinski definition) is 2. The molecule has 2 aliphatic heterocycles. The summed E-state index contributed by atoms with van der Waals surface area (Å²) in [7, 11) is -2.41. The number of piperidine rings is 1. The number of benzene rings is 1. The van der Waals surface area contributed by atoms with Crippen LogP contribution in [0.25, 0.3) is 0 Å². The number of rotatable bonds is 7. The zero-order chi connectivity index (χ0) is 23.1. The fraction of sp³-hybridized carbons (Fsp3) is 0.571. The van der Waals surface area contributed by atoms with Crippen LogP contribution >= 0.6 is 0 Å². The number of carbonyl (C=O) groups excluding carboxylic acids is 3. The molecule has 2 N–H and O–H groups in total. The predicted molar refractivity (Wildman–Crippen MR) is 116 cm³/mol. The Labute approximate surface area is 187 Å². The molecule has 174 valence electrons. The van der Waals surface area contributed by atoms with Crippen molar-refractivity contribution in [2.24, 2.45) is 5.92 Å². The summed E-state index contributed by atoms with van der Waals surface area (Å²) in [6, 6.07) is 3.75. The Morgan fingerprint density at radius 1 is 1.22 bits per heavy atom. The van der Waals surface area contributed by atoms with Gasteiger partial charge in [-0.05, 0) is 56.7 Å². The summed E-state index contributed by atoms with van der Waals surface area (Å²) < 4.78 is 32.9. The molecule has 0 spiro atoms. The van der Waals surface area contributed by atoms with Crippen LogP contribution in [0.15, 0.2) is 23.1 Å². The maximum Gasteiger partial charge on any atom is 0.325 e. The van der Waals surface area contributed by atoms with E-state index in [1.54, 1.807) is 6.92 Å². The van der Waals surface area contributed by atoms with Crippen LogP contribution in [0.4, 0.5) is 10.5 Å². The third-order valence-electron chi connectivity index (χ3n) is 6.38. The molecule has 32 heavy (non-hydrogen) atoms. The van der Waals surface area contributed by atoms with Gasteiger partial charge in [0.2, 0.25) is 15.9 Å². The van der Waals surface area contributed by atoms with E-state index in [0.29, 0.717) is 13.1 Å². The second kappa shape index (κ2) is 8.36. The van der Waals surface area contributed by atoms with Crippen LogP contribution in [0.1, 0.15) is 39.0 Å². The molecule has 3 fully saturated rings. The molecule has 4 amide bonds. The lowest BCUT2D eigenvalue weighted by Crippen LogP contribution is -2.46. The van der Waals surface area contributed by atoms with E-state index in [4.69, 9.17) is 4.74 Å². The molecule has 1 atom stereocenters. The third kappa shape index (κ3) is 4.06. The highest BCUT2D eigenvalue weighted by Crippen LogP contribution is 2.42. The normalized spacial score (nSPS) is 24.4. The number of amides is 4. The number of carbonyl (C=O) groups is 3. The maximum atomic E-state index is 13.1. The summed E-state index contributed by atoms with van der Waals surface area (Å²) >= 11 is 0. The molecule has 0 bridgehead atoms. The van der Waals surface area contributed by atoms with E-state index in [0.717, 1.165) is 37.0 Å². The van der Waals surface area contributed by atoms with Gasteiger partial charge in [0, 0.05) is 18.8 Å². The van der Waals surface area contributed by atoms with Crippen LogP contribution in [-0.2, 0) is 19.6 Å². The van der Waals surface area contributed by atoms with Crippen LogP contribution in [0.5, 0.6) is 5.75 Å².